The second kappa shape index (κ2) is 7.66. The fourth-order valence-electron chi connectivity index (χ4n) is 2.84. The predicted molar refractivity (Wildman–Crippen MR) is 103 cm³/mol. The van der Waals surface area contributed by atoms with Gasteiger partial charge in [-0.15, -0.1) is 0 Å². The van der Waals surface area contributed by atoms with Crippen molar-refractivity contribution in [1.82, 2.24) is 10.4 Å². The number of carbonyl (C=O) groups is 1. The molecule has 1 amide bonds. The maximum Gasteiger partial charge on any atom is 0.271 e. The number of aromatic amines is 1. The van der Waals surface area contributed by atoms with Crippen LogP contribution >= 0.6 is 0 Å². The second-order valence-corrected chi connectivity index (χ2v) is 5.71. The highest BCUT2D eigenvalue weighted by molar-refractivity contribution is 6.00. The molecule has 2 N–H and O–H groups in total. The molecule has 1 heterocycles. The molecule has 0 radical (unpaired) electrons. The van der Waals surface area contributed by atoms with E-state index >= 15 is 0 Å². The highest BCUT2D eigenvalue weighted by atomic mass is 16.2. The van der Waals surface area contributed by atoms with Gasteiger partial charge < -0.3 is 9.88 Å². The van der Waals surface area contributed by atoms with Crippen LogP contribution in [0.4, 0.5) is 5.69 Å². The molecule has 0 aliphatic heterocycles. The molecule has 0 saturated carbocycles. The standard InChI is InChI=1S/C20H22N4O/c1-3-24(4-2)17-11-9-15(10-12-17)20(25)23-22-14-16-13-21-19-8-6-5-7-18(16)19/h5-14,21H,3-4H2,1-2H3,(H,23,25)/b22-14+. The summed E-state index contributed by atoms with van der Waals surface area (Å²) in [5.41, 5.74) is 6.27. The third-order valence-electron chi connectivity index (χ3n) is 4.25. The Bertz CT molecular complexity index is 876. The lowest BCUT2D eigenvalue weighted by atomic mass is 10.2. The number of nitrogens with one attached hydrogen (secondary N) is 2. The Hall–Kier alpha value is -3.08. The van der Waals surface area contributed by atoms with Gasteiger partial charge in [0, 0.05) is 47.0 Å². The maximum absolute atomic E-state index is 12.2. The van der Waals surface area contributed by atoms with Crippen molar-refractivity contribution in [2.75, 3.05) is 18.0 Å². The highest BCUT2D eigenvalue weighted by Crippen LogP contribution is 2.16. The lowest BCUT2D eigenvalue weighted by Crippen LogP contribution is -2.22. The summed E-state index contributed by atoms with van der Waals surface area (Å²) in [4.78, 5) is 17.6. The van der Waals surface area contributed by atoms with Crippen LogP contribution in [0, 0.1) is 0 Å². The van der Waals surface area contributed by atoms with Gasteiger partial charge in [-0.2, -0.15) is 5.10 Å². The molecule has 3 aromatic rings. The number of amides is 1. The van der Waals surface area contributed by atoms with Crippen LogP contribution in [0.3, 0.4) is 0 Å². The molecule has 25 heavy (non-hydrogen) atoms. The van der Waals surface area contributed by atoms with Gasteiger partial charge in [0.05, 0.1) is 6.21 Å². The van der Waals surface area contributed by atoms with Crippen molar-refractivity contribution in [3.05, 3.63) is 65.9 Å². The molecule has 0 unspecified atom stereocenters. The molecule has 2 aromatic carbocycles. The minimum Gasteiger partial charge on any atom is -0.372 e. The SMILES string of the molecule is CCN(CC)c1ccc(C(=O)N/N=C/c2c[nH]c3ccccc23)cc1. The molecule has 0 fully saturated rings. The van der Waals surface area contributed by atoms with Crippen LogP contribution in [0.15, 0.2) is 59.8 Å². The largest absolute Gasteiger partial charge is 0.372 e. The first kappa shape index (κ1) is 16.8. The van der Waals surface area contributed by atoms with E-state index in [-0.39, 0.29) is 5.91 Å². The lowest BCUT2D eigenvalue weighted by Gasteiger charge is -2.20. The Kier molecular flexibility index (Phi) is 5.14. The Balaban J connectivity index is 1.66. The van der Waals surface area contributed by atoms with Gasteiger partial charge in [-0.25, -0.2) is 5.43 Å². The third-order valence-corrected chi connectivity index (χ3v) is 4.25. The van der Waals surface area contributed by atoms with Crippen molar-refractivity contribution in [2.24, 2.45) is 5.10 Å². The normalized spacial score (nSPS) is 11.1. The number of aromatic nitrogens is 1. The Morgan fingerprint density at radius 3 is 2.56 bits per heavy atom. The fourth-order valence-corrected chi connectivity index (χ4v) is 2.84. The number of carbonyl (C=O) groups excluding carboxylic acids is 1. The van der Waals surface area contributed by atoms with Gasteiger partial charge >= 0.3 is 0 Å². The van der Waals surface area contributed by atoms with E-state index < -0.39 is 0 Å². The minimum atomic E-state index is -0.220. The molecule has 0 bridgehead atoms. The van der Waals surface area contributed by atoms with E-state index in [0.717, 1.165) is 35.2 Å². The molecule has 0 aliphatic carbocycles. The number of para-hydroxylation sites is 1. The van der Waals surface area contributed by atoms with Gasteiger partial charge in [0.15, 0.2) is 0 Å². The van der Waals surface area contributed by atoms with Crippen LogP contribution in [0.2, 0.25) is 0 Å². The Morgan fingerprint density at radius 2 is 1.84 bits per heavy atom. The number of nitrogens with zero attached hydrogens (tertiary/aromatic N) is 2. The minimum absolute atomic E-state index is 0.220. The summed E-state index contributed by atoms with van der Waals surface area (Å²) in [6.07, 6.45) is 3.53. The first-order valence-electron chi connectivity index (χ1n) is 8.47. The Labute approximate surface area is 147 Å². The van der Waals surface area contributed by atoms with Crippen LogP contribution < -0.4 is 10.3 Å². The van der Waals surface area contributed by atoms with Crippen LogP contribution in [0.5, 0.6) is 0 Å². The fraction of sp³-hybridized carbons (Fsp3) is 0.200. The zero-order valence-electron chi connectivity index (χ0n) is 14.5. The molecule has 1 aromatic heterocycles. The first-order valence-corrected chi connectivity index (χ1v) is 8.47. The number of hydrazone groups is 1. The van der Waals surface area contributed by atoms with Gasteiger partial charge in [-0.1, -0.05) is 18.2 Å². The zero-order valence-corrected chi connectivity index (χ0v) is 14.5. The monoisotopic (exact) mass is 334 g/mol. The van der Waals surface area contributed by atoms with Gasteiger partial charge in [-0.3, -0.25) is 4.79 Å². The smallest absolute Gasteiger partial charge is 0.271 e. The van der Waals surface area contributed by atoms with E-state index in [1.807, 2.05) is 54.7 Å². The molecule has 0 saturated heterocycles. The summed E-state index contributed by atoms with van der Waals surface area (Å²) in [6.45, 7) is 6.11. The van der Waals surface area contributed by atoms with Crippen molar-refractivity contribution in [3.8, 4) is 0 Å². The molecule has 0 spiro atoms. The highest BCUT2D eigenvalue weighted by Gasteiger charge is 2.06. The van der Waals surface area contributed by atoms with Crippen molar-refractivity contribution in [1.29, 1.82) is 0 Å². The van der Waals surface area contributed by atoms with E-state index in [0.29, 0.717) is 5.56 Å². The predicted octanol–water partition coefficient (Wildman–Crippen LogP) is 3.78. The van der Waals surface area contributed by atoms with Gasteiger partial charge in [0.25, 0.3) is 5.91 Å². The summed E-state index contributed by atoms with van der Waals surface area (Å²) < 4.78 is 0. The van der Waals surface area contributed by atoms with Crippen LogP contribution in [0.25, 0.3) is 10.9 Å². The number of benzene rings is 2. The van der Waals surface area contributed by atoms with Crippen molar-refractivity contribution >= 4 is 28.7 Å². The Morgan fingerprint density at radius 1 is 1.12 bits per heavy atom. The number of hydrogen-bond donors (Lipinski definition) is 2. The first-order chi connectivity index (χ1) is 12.2. The molecular formula is C20H22N4O. The quantitative estimate of drug-likeness (QED) is 0.532. The van der Waals surface area contributed by atoms with Gasteiger partial charge in [0.1, 0.15) is 0 Å². The van der Waals surface area contributed by atoms with E-state index in [2.05, 4.69) is 34.3 Å². The van der Waals surface area contributed by atoms with Crippen molar-refractivity contribution < 1.29 is 4.79 Å². The summed E-state index contributed by atoms with van der Waals surface area (Å²) in [7, 11) is 0. The van der Waals surface area contributed by atoms with E-state index in [9.17, 15) is 4.79 Å². The molecule has 0 aliphatic rings. The zero-order chi connectivity index (χ0) is 17.6. The van der Waals surface area contributed by atoms with Crippen LogP contribution in [0.1, 0.15) is 29.8 Å². The molecule has 5 heteroatoms. The number of anilines is 1. The molecule has 128 valence electrons. The van der Waals surface area contributed by atoms with E-state index in [1.165, 1.54) is 0 Å². The maximum atomic E-state index is 12.2. The van der Waals surface area contributed by atoms with Crippen LogP contribution in [-0.4, -0.2) is 30.2 Å². The number of hydrogen-bond acceptors (Lipinski definition) is 3. The summed E-state index contributed by atoms with van der Waals surface area (Å²) in [6, 6.07) is 15.5. The van der Waals surface area contributed by atoms with Gasteiger partial charge in [-0.05, 0) is 44.2 Å². The molecular weight excluding hydrogens is 312 g/mol. The molecule has 5 nitrogen and oxygen atoms in total. The number of H-pyrrole nitrogens is 1. The third kappa shape index (κ3) is 3.71. The lowest BCUT2D eigenvalue weighted by molar-refractivity contribution is 0.0955. The summed E-state index contributed by atoms with van der Waals surface area (Å²) in [5.74, 6) is -0.220. The van der Waals surface area contributed by atoms with E-state index in [4.69, 9.17) is 0 Å². The average molecular weight is 334 g/mol. The molecule has 3 rings (SSSR count). The topological polar surface area (TPSA) is 60.5 Å². The van der Waals surface area contributed by atoms with Crippen molar-refractivity contribution in [2.45, 2.75) is 13.8 Å². The van der Waals surface area contributed by atoms with E-state index in [1.54, 1.807) is 6.21 Å². The average Bonchev–Trinajstić information content (AvgIpc) is 3.06. The summed E-state index contributed by atoms with van der Waals surface area (Å²) in [5, 5.41) is 5.15. The van der Waals surface area contributed by atoms with Crippen LogP contribution in [-0.2, 0) is 0 Å². The second-order valence-electron chi connectivity index (χ2n) is 5.71. The van der Waals surface area contributed by atoms with Crippen molar-refractivity contribution in [3.63, 3.8) is 0 Å². The summed E-state index contributed by atoms with van der Waals surface area (Å²) >= 11 is 0. The number of fused-ring (bicyclic) bond motifs is 1. The van der Waals surface area contributed by atoms with Gasteiger partial charge in [0.2, 0.25) is 0 Å². The number of rotatable bonds is 6. The molecule has 0 atom stereocenters.